The maximum Gasteiger partial charge on any atom is 0.336 e. The SMILES string of the molecule is Cc1ccc(-c2cc(C(=O)O)c3cc(S(=O)(=O)N4CCOCC4)ccc3n2)s1. The van der Waals surface area contributed by atoms with Crippen molar-refractivity contribution in [2.75, 3.05) is 26.3 Å². The predicted molar refractivity (Wildman–Crippen MR) is 106 cm³/mol. The summed E-state index contributed by atoms with van der Waals surface area (Å²) in [5.74, 6) is -1.12. The van der Waals surface area contributed by atoms with Crippen LogP contribution in [0.5, 0.6) is 0 Å². The summed E-state index contributed by atoms with van der Waals surface area (Å²) in [5.41, 5.74) is 1.04. The lowest BCUT2D eigenvalue weighted by Gasteiger charge is -2.26. The van der Waals surface area contributed by atoms with E-state index in [0.717, 1.165) is 9.75 Å². The van der Waals surface area contributed by atoms with Crippen molar-refractivity contribution in [3.63, 3.8) is 0 Å². The van der Waals surface area contributed by atoms with Gasteiger partial charge >= 0.3 is 5.97 Å². The molecule has 1 aromatic carbocycles. The number of morpholine rings is 1. The van der Waals surface area contributed by atoms with Crippen LogP contribution in [0.2, 0.25) is 0 Å². The topological polar surface area (TPSA) is 96.8 Å². The van der Waals surface area contributed by atoms with Crippen molar-refractivity contribution in [1.29, 1.82) is 0 Å². The molecule has 1 saturated heterocycles. The number of rotatable bonds is 4. The smallest absolute Gasteiger partial charge is 0.336 e. The summed E-state index contributed by atoms with van der Waals surface area (Å²) in [4.78, 5) is 18.4. The van der Waals surface area contributed by atoms with Crippen LogP contribution < -0.4 is 0 Å². The van der Waals surface area contributed by atoms with Gasteiger partial charge in [0.15, 0.2) is 0 Å². The zero-order valence-electron chi connectivity index (χ0n) is 15.1. The molecule has 1 fully saturated rings. The highest BCUT2D eigenvalue weighted by molar-refractivity contribution is 7.89. The third-order valence-electron chi connectivity index (χ3n) is 4.61. The fraction of sp³-hybridized carbons (Fsp3) is 0.263. The summed E-state index contributed by atoms with van der Waals surface area (Å²) < 4.78 is 32.4. The quantitative estimate of drug-likeness (QED) is 0.700. The highest BCUT2D eigenvalue weighted by atomic mass is 32.2. The molecule has 0 atom stereocenters. The molecule has 3 aromatic rings. The van der Waals surface area contributed by atoms with E-state index in [-0.39, 0.29) is 23.5 Å². The molecule has 1 aliphatic rings. The van der Waals surface area contributed by atoms with Gasteiger partial charge < -0.3 is 9.84 Å². The summed E-state index contributed by atoms with van der Waals surface area (Å²) in [6, 6.07) is 9.80. The molecule has 0 radical (unpaired) electrons. The minimum atomic E-state index is -3.72. The minimum absolute atomic E-state index is 0.0325. The number of benzene rings is 1. The van der Waals surface area contributed by atoms with Crippen LogP contribution in [0.25, 0.3) is 21.5 Å². The minimum Gasteiger partial charge on any atom is -0.478 e. The van der Waals surface area contributed by atoms with Crippen molar-refractivity contribution in [2.45, 2.75) is 11.8 Å². The van der Waals surface area contributed by atoms with E-state index in [1.807, 2.05) is 19.1 Å². The summed E-state index contributed by atoms with van der Waals surface area (Å²) in [5, 5.41) is 10.0. The number of fused-ring (bicyclic) bond motifs is 1. The lowest BCUT2D eigenvalue weighted by atomic mass is 10.1. The molecule has 0 bridgehead atoms. The van der Waals surface area contributed by atoms with E-state index in [2.05, 4.69) is 4.98 Å². The van der Waals surface area contributed by atoms with Gasteiger partial charge in [-0.15, -0.1) is 11.3 Å². The van der Waals surface area contributed by atoms with E-state index in [4.69, 9.17) is 4.74 Å². The van der Waals surface area contributed by atoms with Crippen LogP contribution in [-0.2, 0) is 14.8 Å². The highest BCUT2D eigenvalue weighted by Crippen LogP contribution is 2.31. The number of carboxylic acid groups (broad SMARTS) is 1. The third-order valence-corrected chi connectivity index (χ3v) is 7.53. The second-order valence-corrected chi connectivity index (χ2v) is 9.69. The maximum atomic E-state index is 12.9. The van der Waals surface area contributed by atoms with Gasteiger partial charge in [-0.25, -0.2) is 18.2 Å². The number of thiophene rings is 1. The van der Waals surface area contributed by atoms with Crippen LogP contribution in [0.1, 0.15) is 15.2 Å². The Morgan fingerprint density at radius 1 is 1.18 bits per heavy atom. The molecule has 0 saturated carbocycles. The van der Waals surface area contributed by atoms with Crippen molar-refractivity contribution in [2.24, 2.45) is 0 Å². The van der Waals surface area contributed by atoms with Gasteiger partial charge in [0, 0.05) is 23.4 Å². The van der Waals surface area contributed by atoms with E-state index < -0.39 is 16.0 Å². The molecule has 1 aliphatic heterocycles. The van der Waals surface area contributed by atoms with Crippen LogP contribution >= 0.6 is 11.3 Å². The van der Waals surface area contributed by atoms with Gasteiger partial charge in [-0.2, -0.15) is 4.31 Å². The first-order valence-corrected chi connectivity index (χ1v) is 10.9. The van der Waals surface area contributed by atoms with Crippen LogP contribution in [-0.4, -0.2) is 55.1 Å². The molecule has 2 aromatic heterocycles. The van der Waals surface area contributed by atoms with Gasteiger partial charge in [0.05, 0.1) is 39.8 Å². The largest absolute Gasteiger partial charge is 0.478 e. The lowest BCUT2D eigenvalue weighted by Crippen LogP contribution is -2.40. The number of ether oxygens (including phenoxy) is 1. The van der Waals surface area contributed by atoms with E-state index in [0.29, 0.717) is 29.8 Å². The highest BCUT2D eigenvalue weighted by Gasteiger charge is 2.27. The molecule has 0 unspecified atom stereocenters. The number of hydrogen-bond donors (Lipinski definition) is 1. The Morgan fingerprint density at radius 3 is 2.57 bits per heavy atom. The molecular formula is C19H18N2O5S2. The Labute approximate surface area is 166 Å². The van der Waals surface area contributed by atoms with Gasteiger partial charge in [0.1, 0.15) is 0 Å². The predicted octanol–water partition coefficient (Wildman–Crippen LogP) is 2.99. The molecule has 4 rings (SSSR count). The molecule has 1 N–H and O–H groups in total. The first kappa shape index (κ1) is 19.0. The summed E-state index contributed by atoms with van der Waals surface area (Å²) in [7, 11) is -3.72. The third kappa shape index (κ3) is 3.42. The number of pyridine rings is 1. The van der Waals surface area contributed by atoms with E-state index >= 15 is 0 Å². The zero-order chi connectivity index (χ0) is 19.9. The molecule has 0 aliphatic carbocycles. The summed E-state index contributed by atoms with van der Waals surface area (Å²) >= 11 is 1.53. The van der Waals surface area contributed by atoms with Crippen molar-refractivity contribution in [1.82, 2.24) is 9.29 Å². The Kier molecular flexibility index (Phi) is 4.92. The second kappa shape index (κ2) is 7.25. The number of aryl methyl sites for hydroxylation is 1. The fourth-order valence-corrected chi connectivity index (χ4v) is 5.44. The van der Waals surface area contributed by atoms with Crippen LogP contribution in [0, 0.1) is 6.92 Å². The monoisotopic (exact) mass is 418 g/mol. The average molecular weight is 418 g/mol. The molecule has 28 heavy (non-hydrogen) atoms. The lowest BCUT2D eigenvalue weighted by molar-refractivity contribution is 0.0699. The van der Waals surface area contributed by atoms with E-state index in [1.54, 1.807) is 6.07 Å². The Bertz CT molecular complexity index is 1160. The molecule has 3 heterocycles. The van der Waals surface area contributed by atoms with Crippen LogP contribution in [0.3, 0.4) is 0 Å². The number of nitrogens with zero attached hydrogens (tertiary/aromatic N) is 2. The summed E-state index contributed by atoms with van der Waals surface area (Å²) in [6.45, 7) is 3.22. The van der Waals surface area contributed by atoms with Gasteiger partial charge in [-0.05, 0) is 43.3 Å². The van der Waals surface area contributed by atoms with Crippen molar-refractivity contribution in [3.05, 3.63) is 46.8 Å². The Hall–Kier alpha value is -2.33. The molecule has 0 amide bonds. The fourth-order valence-electron chi connectivity index (χ4n) is 3.18. The second-order valence-electron chi connectivity index (χ2n) is 6.47. The van der Waals surface area contributed by atoms with Crippen molar-refractivity contribution < 1.29 is 23.1 Å². The first-order chi connectivity index (χ1) is 13.4. The number of carbonyl (C=O) groups is 1. The van der Waals surface area contributed by atoms with Gasteiger partial charge in [0.2, 0.25) is 10.0 Å². The van der Waals surface area contributed by atoms with Crippen LogP contribution in [0.4, 0.5) is 0 Å². The normalized spacial score (nSPS) is 15.8. The molecule has 7 nitrogen and oxygen atoms in total. The molecule has 146 valence electrons. The first-order valence-electron chi connectivity index (χ1n) is 8.69. The van der Waals surface area contributed by atoms with Gasteiger partial charge in [-0.1, -0.05) is 0 Å². The number of aromatic nitrogens is 1. The molecule has 9 heteroatoms. The standard InChI is InChI=1S/C19H18N2O5S2/c1-12-2-5-18(27-12)17-11-15(19(22)23)14-10-13(3-4-16(14)20-17)28(24,25)21-6-8-26-9-7-21/h2-5,10-11H,6-9H2,1H3,(H,22,23). The van der Waals surface area contributed by atoms with Gasteiger partial charge in [0.25, 0.3) is 0 Å². The van der Waals surface area contributed by atoms with Gasteiger partial charge in [-0.3, -0.25) is 0 Å². The van der Waals surface area contributed by atoms with Crippen molar-refractivity contribution >= 4 is 38.2 Å². The van der Waals surface area contributed by atoms with E-state index in [9.17, 15) is 18.3 Å². The Balaban J connectivity index is 1.85. The molecular weight excluding hydrogens is 400 g/mol. The number of carboxylic acids is 1. The maximum absolute atomic E-state index is 12.9. The van der Waals surface area contributed by atoms with Crippen molar-refractivity contribution in [3.8, 4) is 10.6 Å². The number of hydrogen-bond acceptors (Lipinski definition) is 6. The molecule has 0 spiro atoms. The average Bonchev–Trinajstić information content (AvgIpc) is 3.13. The summed E-state index contributed by atoms with van der Waals surface area (Å²) in [6.07, 6.45) is 0. The zero-order valence-corrected chi connectivity index (χ0v) is 16.7. The number of aromatic carboxylic acids is 1. The van der Waals surface area contributed by atoms with E-state index in [1.165, 1.54) is 33.8 Å². The Morgan fingerprint density at radius 2 is 1.93 bits per heavy atom. The van der Waals surface area contributed by atoms with Crippen LogP contribution in [0.15, 0.2) is 41.3 Å². The number of sulfonamides is 1.